The third-order valence-electron chi connectivity index (χ3n) is 4.04. The summed E-state index contributed by atoms with van der Waals surface area (Å²) in [5.74, 6) is -0.207. The molecular formula is C14H22N2O3S2. The van der Waals surface area contributed by atoms with Gasteiger partial charge in [0.15, 0.2) is 0 Å². The minimum absolute atomic E-state index is 0.0663. The second-order valence-corrected chi connectivity index (χ2v) is 9.17. The van der Waals surface area contributed by atoms with Gasteiger partial charge in [-0.3, -0.25) is 4.79 Å². The molecule has 0 bridgehead atoms. The highest BCUT2D eigenvalue weighted by Gasteiger charge is 2.30. The molecule has 1 fully saturated rings. The number of hydrogen-bond acceptors (Lipinski definition) is 4. The summed E-state index contributed by atoms with van der Waals surface area (Å²) in [5, 5.41) is 9.74. The van der Waals surface area contributed by atoms with Crippen LogP contribution in [0.1, 0.15) is 55.5 Å². The molecule has 1 aliphatic rings. The fourth-order valence-corrected chi connectivity index (χ4v) is 5.00. The normalized spacial score (nSPS) is 22.0. The monoisotopic (exact) mass is 330 g/mol. The van der Waals surface area contributed by atoms with Crippen LogP contribution >= 0.6 is 11.3 Å². The van der Waals surface area contributed by atoms with E-state index in [-0.39, 0.29) is 21.6 Å². The molecule has 1 amide bonds. The molecule has 0 aromatic carbocycles. The van der Waals surface area contributed by atoms with Crippen molar-refractivity contribution in [1.82, 2.24) is 5.32 Å². The highest BCUT2D eigenvalue weighted by atomic mass is 32.2. The standard InChI is InChI=1S/C14H22N2O3S2/c1-9-11(8-20-13(9)21(15,18)19)12(17)16-10-5-4-6-14(2,3)7-10/h8,10H,4-7H2,1-3H3,(H,16,17)(H2,15,18,19). The number of carbonyl (C=O) groups is 1. The second-order valence-electron chi connectivity index (χ2n) is 6.54. The maximum atomic E-state index is 12.3. The molecule has 118 valence electrons. The molecule has 1 heterocycles. The number of sulfonamides is 1. The van der Waals surface area contributed by atoms with Crippen molar-refractivity contribution in [3.05, 3.63) is 16.5 Å². The summed E-state index contributed by atoms with van der Waals surface area (Å²) >= 11 is 0.999. The van der Waals surface area contributed by atoms with Crippen LogP contribution in [0.15, 0.2) is 9.59 Å². The third kappa shape index (κ3) is 3.84. The molecule has 1 aromatic rings. The van der Waals surface area contributed by atoms with Crippen LogP contribution in [-0.2, 0) is 10.0 Å². The Morgan fingerprint density at radius 1 is 1.48 bits per heavy atom. The number of nitrogens with two attached hydrogens (primary N) is 1. The zero-order valence-electron chi connectivity index (χ0n) is 12.6. The van der Waals surface area contributed by atoms with Gasteiger partial charge in [0.05, 0.1) is 5.56 Å². The molecule has 2 rings (SSSR count). The van der Waals surface area contributed by atoms with E-state index in [0.717, 1.165) is 30.6 Å². The van der Waals surface area contributed by atoms with Crippen molar-refractivity contribution in [2.45, 2.75) is 56.7 Å². The van der Waals surface area contributed by atoms with Gasteiger partial charge in [-0.15, -0.1) is 11.3 Å². The van der Waals surface area contributed by atoms with Gasteiger partial charge >= 0.3 is 0 Å². The molecule has 5 nitrogen and oxygen atoms in total. The molecule has 1 aromatic heterocycles. The lowest BCUT2D eigenvalue weighted by atomic mass is 9.75. The summed E-state index contributed by atoms with van der Waals surface area (Å²) in [6.07, 6.45) is 4.19. The average Bonchev–Trinajstić information content (AvgIpc) is 2.69. The maximum absolute atomic E-state index is 12.3. The quantitative estimate of drug-likeness (QED) is 0.892. The second kappa shape index (κ2) is 5.70. The van der Waals surface area contributed by atoms with Crippen LogP contribution in [0.5, 0.6) is 0 Å². The first kappa shape index (κ1) is 16.5. The van der Waals surface area contributed by atoms with Gasteiger partial charge in [-0.1, -0.05) is 20.3 Å². The van der Waals surface area contributed by atoms with Crippen LogP contribution in [-0.4, -0.2) is 20.4 Å². The molecule has 7 heteroatoms. The maximum Gasteiger partial charge on any atom is 0.252 e. The Balaban J connectivity index is 2.13. The largest absolute Gasteiger partial charge is 0.349 e. The Bertz CT molecular complexity index is 647. The Labute approximate surface area is 130 Å². The lowest BCUT2D eigenvalue weighted by molar-refractivity contribution is 0.0902. The van der Waals surface area contributed by atoms with Crippen LogP contribution in [0, 0.1) is 12.3 Å². The average molecular weight is 330 g/mol. The van der Waals surface area contributed by atoms with E-state index < -0.39 is 10.0 Å². The van der Waals surface area contributed by atoms with Gasteiger partial charge in [0, 0.05) is 11.4 Å². The number of hydrogen-bond donors (Lipinski definition) is 2. The van der Waals surface area contributed by atoms with Crippen molar-refractivity contribution >= 4 is 27.3 Å². The predicted octanol–water partition coefficient (Wildman–Crippen LogP) is 2.40. The molecule has 0 spiro atoms. The van der Waals surface area contributed by atoms with Crippen LogP contribution < -0.4 is 10.5 Å². The van der Waals surface area contributed by atoms with Crippen molar-refractivity contribution in [2.75, 3.05) is 0 Å². The number of nitrogens with one attached hydrogen (secondary N) is 1. The van der Waals surface area contributed by atoms with E-state index in [1.165, 1.54) is 6.42 Å². The SMILES string of the molecule is Cc1c(C(=O)NC2CCCC(C)(C)C2)csc1S(N)(=O)=O. The highest BCUT2D eigenvalue weighted by molar-refractivity contribution is 7.91. The van der Waals surface area contributed by atoms with E-state index >= 15 is 0 Å². The first-order chi connectivity index (χ1) is 9.60. The van der Waals surface area contributed by atoms with Crippen LogP contribution in [0.25, 0.3) is 0 Å². The topological polar surface area (TPSA) is 89.3 Å². The van der Waals surface area contributed by atoms with E-state index in [9.17, 15) is 13.2 Å². The van der Waals surface area contributed by atoms with Gasteiger partial charge in [-0.2, -0.15) is 0 Å². The van der Waals surface area contributed by atoms with Gasteiger partial charge in [0.25, 0.3) is 5.91 Å². The van der Waals surface area contributed by atoms with Gasteiger partial charge in [-0.05, 0) is 37.2 Å². The van der Waals surface area contributed by atoms with E-state index in [1.54, 1.807) is 12.3 Å². The molecular weight excluding hydrogens is 308 g/mol. The smallest absolute Gasteiger partial charge is 0.252 e. The fraction of sp³-hybridized carbons (Fsp3) is 0.643. The lowest BCUT2D eigenvalue weighted by Crippen LogP contribution is -2.40. The zero-order chi connectivity index (χ0) is 15.8. The number of primary sulfonamides is 1. The van der Waals surface area contributed by atoms with E-state index in [0.29, 0.717) is 11.1 Å². The molecule has 21 heavy (non-hydrogen) atoms. The molecule has 0 aliphatic heterocycles. The summed E-state index contributed by atoms with van der Waals surface area (Å²) in [5.41, 5.74) is 1.09. The first-order valence-electron chi connectivity index (χ1n) is 7.02. The Hall–Kier alpha value is -0.920. The Morgan fingerprint density at radius 3 is 2.67 bits per heavy atom. The fourth-order valence-electron chi connectivity index (χ4n) is 2.99. The van der Waals surface area contributed by atoms with Crippen molar-refractivity contribution in [2.24, 2.45) is 10.6 Å². The van der Waals surface area contributed by atoms with E-state index in [2.05, 4.69) is 19.2 Å². The number of rotatable bonds is 3. The predicted molar refractivity (Wildman–Crippen MR) is 83.9 cm³/mol. The van der Waals surface area contributed by atoms with E-state index in [1.807, 2.05) is 0 Å². The molecule has 0 radical (unpaired) electrons. The van der Waals surface area contributed by atoms with Crippen LogP contribution in [0.3, 0.4) is 0 Å². The molecule has 0 saturated heterocycles. The molecule has 3 N–H and O–H groups in total. The van der Waals surface area contributed by atoms with Crippen molar-refractivity contribution < 1.29 is 13.2 Å². The number of amides is 1. The molecule has 1 unspecified atom stereocenters. The minimum Gasteiger partial charge on any atom is -0.349 e. The van der Waals surface area contributed by atoms with Crippen molar-refractivity contribution in [3.63, 3.8) is 0 Å². The third-order valence-corrected chi connectivity index (χ3v) is 6.72. The van der Waals surface area contributed by atoms with Crippen LogP contribution in [0.4, 0.5) is 0 Å². The van der Waals surface area contributed by atoms with Gasteiger partial charge in [0.1, 0.15) is 4.21 Å². The molecule has 1 saturated carbocycles. The van der Waals surface area contributed by atoms with Gasteiger partial charge in [-0.25, -0.2) is 13.6 Å². The van der Waals surface area contributed by atoms with Crippen molar-refractivity contribution in [3.8, 4) is 0 Å². The van der Waals surface area contributed by atoms with Crippen molar-refractivity contribution in [1.29, 1.82) is 0 Å². The number of carbonyl (C=O) groups excluding carboxylic acids is 1. The highest BCUT2D eigenvalue weighted by Crippen LogP contribution is 2.35. The zero-order valence-corrected chi connectivity index (χ0v) is 14.2. The lowest BCUT2D eigenvalue weighted by Gasteiger charge is -2.35. The molecule has 1 atom stereocenters. The number of thiophene rings is 1. The van der Waals surface area contributed by atoms with E-state index in [4.69, 9.17) is 5.14 Å². The van der Waals surface area contributed by atoms with Crippen LogP contribution in [0.2, 0.25) is 0 Å². The summed E-state index contributed by atoms with van der Waals surface area (Å²) in [4.78, 5) is 12.3. The van der Waals surface area contributed by atoms with Gasteiger partial charge in [0.2, 0.25) is 10.0 Å². The minimum atomic E-state index is -3.76. The Kier molecular flexibility index (Phi) is 4.46. The summed E-state index contributed by atoms with van der Waals surface area (Å²) < 4.78 is 22.9. The Morgan fingerprint density at radius 2 is 2.14 bits per heavy atom. The first-order valence-corrected chi connectivity index (χ1v) is 9.44. The molecule has 1 aliphatic carbocycles. The summed E-state index contributed by atoms with van der Waals surface area (Å²) in [7, 11) is -3.76. The summed E-state index contributed by atoms with van der Waals surface area (Å²) in [6, 6.07) is 0.151. The summed E-state index contributed by atoms with van der Waals surface area (Å²) in [6.45, 7) is 6.04. The van der Waals surface area contributed by atoms with Gasteiger partial charge < -0.3 is 5.32 Å².